The first-order valence-electron chi connectivity index (χ1n) is 6.36. The van der Waals surface area contributed by atoms with Crippen LogP contribution in [0.3, 0.4) is 0 Å². The van der Waals surface area contributed by atoms with E-state index in [-0.39, 0.29) is 10.9 Å². The molecule has 0 aliphatic rings. The minimum Gasteiger partial charge on any atom is -0.363 e. The normalized spacial score (nSPS) is 13.5. The van der Waals surface area contributed by atoms with Crippen molar-refractivity contribution in [3.8, 4) is 0 Å². The number of sulfonamides is 1. The molecule has 0 saturated heterocycles. The summed E-state index contributed by atoms with van der Waals surface area (Å²) in [7, 11) is -1.65. The average Bonchev–Trinajstić information content (AvgIpc) is 3.00. The van der Waals surface area contributed by atoms with Crippen LogP contribution in [0.15, 0.2) is 34.0 Å². The van der Waals surface area contributed by atoms with Crippen molar-refractivity contribution in [2.75, 3.05) is 7.05 Å². The maximum Gasteiger partial charge on any atom is 0.242 e. The summed E-state index contributed by atoms with van der Waals surface area (Å²) < 4.78 is 27.2. The van der Waals surface area contributed by atoms with Gasteiger partial charge in [0.05, 0.1) is 4.90 Å². The second kappa shape index (κ2) is 6.53. The van der Waals surface area contributed by atoms with Crippen LogP contribution in [-0.2, 0) is 23.0 Å². The third kappa shape index (κ3) is 3.92. The van der Waals surface area contributed by atoms with Gasteiger partial charge in [-0.3, -0.25) is 0 Å². The smallest absolute Gasteiger partial charge is 0.242 e. The minimum absolute atomic E-state index is 0.141. The highest BCUT2D eigenvalue weighted by Gasteiger charge is 2.19. The van der Waals surface area contributed by atoms with E-state index in [1.54, 1.807) is 17.4 Å². The van der Waals surface area contributed by atoms with E-state index in [0.29, 0.717) is 13.0 Å². The second-order valence-corrected chi connectivity index (χ2v) is 7.24. The lowest BCUT2D eigenvalue weighted by atomic mass is 10.1. The number of aromatic nitrogens is 1. The fraction of sp³-hybridized carbons (Fsp3) is 0.385. The molecule has 0 aliphatic carbocycles. The largest absolute Gasteiger partial charge is 0.363 e. The molecule has 0 amide bonds. The van der Waals surface area contributed by atoms with Crippen LogP contribution >= 0.6 is 11.3 Å². The molecule has 3 N–H and O–H groups in total. The Morgan fingerprint density at radius 2 is 2.25 bits per heavy atom. The van der Waals surface area contributed by atoms with E-state index in [2.05, 4.69) is 15.0 Å². The van der Waals surface area contributed by atoms with Gasteiger partial charge in [0.2, 0.25) is 10.0 Å². The van der Waals surface area contributed by atoms with Crippen LogP contribution in [0.25, 0.3) is 0 Å². The highest BCUT2D eigenvalue weighted by Crippen LogP contribution is 2.13. The van der Waals surface area contributed by atoms with Gasteiger partial charge in [0, 0.05) is 24.5 Å². The maximum atomic E-state index is 12.2. The van der Waals surface area contributed by atoms with Gasteiger partial charge in [-0.15, -0.1) is 0 Å². The summed E-state index contributed by atoms with van der Waals surface area (Å²) in [4.78, 5) is 3.23. The zero-order valence-corrected chi connectivity index (χ0v) is 13.1. The van der Waals surface area contributed by atoms with Gasteiger partial charge in [0.25, 0.3) is 0 Å². The first kappa shape index (κ1) is 15.2. The number of H-pyrrole nitrogens is 1. The average molecular weight is 313 g/mol. The molecule has 0 fully saturated rings. The van der Waals surface area contributed by atoms with Crippen LogP contribution in [0.5, 0.6) is 0 Å². The van der Waals surface area contributed by atoms with E-state index in [1.807, 2.05) is 30.8 Å². The van der Waals surface area contributed by atoms with Crippen molar-refractivity contribution >= 4 is 21.4 Å². The number of nitrogens with one attached hydrogen (secondary N) is 3. The summed E-state index contributed by atoms with van der Waals surface area (Å²) >= 11 is 1.62. The van der Waals surface area contributed by atoms with Crippen molar-refractivity contribution in [2.24, 2.45) is 0 Å². The third-order valence-electron chi connectivity index (χ3n) is 2.87. The van der Waals surface area contributed by atoms with E-state index in [4.69, 9.17) is 0 Å². The van der Waals surface area contributed by atoms with E-state index in [0.717, 1.165) is 11.3 Å². The standard InChI is InChI=1S/C13H19N3O2S2/c1-10(5-11-3-4-19-9-11)16-20(17,18)13-6-12(7-14-2)15-8-13/h3-4,6,8-10,14-16H,5,7H2,1-2H3. The molecule has 0 saturated carbocycles. The van der Waals surface area contributed by atoms with Crippen molar-refractivity contribution in [2.45, 2.75) is 30.8 Å². The molecular weight excluding hydrogens is 294 g/mol. The van der Waals surface area contributed by atoms with Crippen LogP contribution in [0.2, 0.25) is 0 Å². The van der Waals surface area contributed by atoms with Crippen LogP contribution in [0.4, 0.5) is 0 Å². The topological polar surface area (TPSA) is 74.0 Å². The highest BCUT2D eigenvalue weighted by molar-refractivity contribution is 7.89. The van der Waals surface area contributed by atoms with E-state index in [1.165, 1.54) is 6.20 Å². The molecule has 110 valence electrons. The monoisotopic (exact) mass is 313 g/mol. The van der Waals surface area contributed by atoms with Gasteiger partial charge < -0.3 is 10.3 Å². The lowest BCUT2D eigenvalue weighted by molar-refractivity contribution is 0.560. The van der Waals surface area contributed by atoms with Crippen LogP contribution < -0.4 is 10.0 Å². The number of aromatic amines is 1. The van der Waals surface area contributed by atoms with Gasteiger partial charge in [0.15, 0.2) is 0 Å². The fourth-order valence-corrected chi connectivity index (χ4v) is 3.95. The summed E-state index contributed by atoms with van der Waals surface area (Å²) in [6.07, 6.45) is 2.21. The number of thiophene rings is 1. The van der Waals surface area contributed by atoms with Crippen molar-refractivity contribution in [1.82, 2.24) is 15.0 Å². The van der Waals surface area contributed by atoms with Crippen LogP contribution in [0, 0.1) is 0 Å². The molecule has 0 aromatic carbocycles. The summed E-state index contributed by atoms with van der Waals surface area (Å²) in [5.41, 5.74) is 1.99. The van der Waals surface area contributed by atoms with Gasteiger partial charge in [0.1, 0.15) is 0 Å². The van der Waals surface area contributed by atoms with E-state index >= 15 is 0 Å². The lowest BCUT2D eigenvalue weighted by Gasteiger charge is -2.12. The number of rotatable bonds is 7. The Hall–Kier alpha value is -1.15. The Morgan fingerprint density at radius 3 is 2.90 bits per heavy atom. The quantitative estimate of drug-likeness (QED) is 0.728. The Kier molecular flexibility index (Phi) is 4.98. The number of hydrogen-bond acceptors (Lipinski definition) is 4. The lowest BCUT2D eigenvalue weighted by Crippen LogP contribution is -2.33. The van der Waals surface area contributed by atoms with Gasteiger partial charge in [-0.2, -0.15) is 11.3 Å². The van der Waals surface area contributed by atoms with Crippen molar-refractivity contribution in [3.63, 3.8) is 0 Å². The molecular formula is C13H19N3O2S2. The van der Waals surface area contributed by atoms with Gasteiger partial charge in [-0.1, -0.05) is 0 Å². The van der Waals surface area contributed by atoms with Crippen molar-refractivity contribution < 1.29 is 8.42 Å². The predicted octanol–water partition coefficient (Wildman–Crippen LogP) is 1.71. The van der Waals surface area contributed by atoms with Crippen molar-refractivity contribution in [1.29, 1.82) is 0 Å². The Labute approximate surface area is 123 Å². The summed E-state index contributed by atoms with van der Waals surface area (Å²) in [6.45, 7) is 2.48. The molecule has 1 unspecified atom stereocenters. The summed E-state index contributed by atoms with van der Waals surface area (Å²) in [6, 6.07) is 3.52. The molecule has 0 spiro atoms. The molecule has 0 aliphatic heterocycles. The first-order chi connectivity index (χ1) is 9.51. The van der Waals surface area contributed by atoms with Crippen LogP contribution in [0.1, 0.15) is 18.2 Å². The van der Waals surface area contributed by atoms with E-state index < -0.39 is 10.0 Å². The third-order valence-corrected chi connectivity index (χ3v) is 5.17. The zero-order chi connectivity index (χ0) is 14.6. The highest BCUT2D eigenvalue weighted by atomic mass is 32.2. The van der Waals surface area contributed by atoms with Gasteiger partial charge in [-0.25, -0.2) is 13.1 Å². The van der Waals surface area contributed by atoms with Gasteiger partial charge in [-0.05, 0) is 48.8 Å². The Morgan fingerprint density at radius 1 is 1.45 bits per heavy atom. The van der Waals surface area contributed by atoms with Crippen LogP contribution in [-0.4, -0.2) is 26.5 Å². The number of hydrogen-bond donors (Lipinski definition) is 3. The molecule has 2 aromatic heterocycles. The Bertz CT molecular complexity index is 632. The SMILES string of the molecule is CNCc1cc(S(=O)(=O)NC(C)Cc2ccsc2)c[nH]1. The second-order valence-electron chi connectivity index (χ2n) is 4.75. The molecule has 1 atom stereocenters. The zero-order valence-electron chi connectivity index (χ0n) is 11.5. The molecule has 2 heterocycles. The minimum atomic E-state index is -3.47. The molecule has 7 heteroatoms. The molecule has 2 rings (SSSR count). The molecule has 0 bridgehead atoms. The molecule has 20 heavy (non-hydrogen) atoms. The van der Waals surface area contributed by atoms with E-state index in [9.17, 15) is 8.42 Å². The maximum absolute atomic E-state index is 12.2. The molecule has 5 nitrogen and oxygen atoms in total. The molecule has 0 radical (unpaired) electrons. The Balaban J connectivity index is 2.02. The predicted molar refractivity (Wildman–Crippen MR) is 81.4 cm³/mol. The van der Waals surface area contributed by atoms with Crippen molar-refractivity contribution in [3.05, 3.63) is 40.3 Å². The first-order valence-corrected chi connectivity index (χ1v) is 8.79. The fourth-order valence-electron chi connectivity index (χ4n) is 2.00. The summed E-state index contributed by atoms with van der Waals surface area (Å²) in [5, 5.41) is 7.00. The van der Waals surface area contributed by atoms with Gasteiger partial charge >= 0.3 is 0 Å². The summed E-state index contributed by atoms with van der Waals surface area (Å²) in [5.74, 6) is 0. The molecule has 2 aromatic rings.